The number of rotatable bonds is 2. The van der Waals surface area contributed by atoms with Gasteiger partial charge in [0.05, 0.1) is 23.0 Å². The summed E-state index contributed by atoms with van der Waals surface area (Å²) in [7, 11) is 0. The van der Waals surface area contributed by atoms with Gasteiger partial charge in [-0.05, 0) is 40.2 Å². The van der Waals surface area contributed by atoms with Gasteiger partial charge in [0.2, 0.25) is 0 Å². The molecule has 1 aromatic carbocycles. The quantitative estimate of drug-likeness (QED) is 0.811. The zero-order chi connectivity index (χ0) is 15.6. The smallest absolute Gasteiger partial charge is 0.321 e. The molecule has 0 radical (unpaired) electrons. The minimum atomic E-state index is -4.54. The SMILES string of the molecule is O=C(Nc1cc(C(F)(F)F)ccc1Br)c1ccncc1F. The lowest BCUT2D eigenvalue weighted by molar-refractivity contribution is -0.137. The lowest BCUT2D eigenvalue weighted by Gasteiger charge is -2.12. The monoisotopic (exact) mass is 362 g/mol. The number of hydrogen-bond acceptors (Lipinski definition) is 2. The van der Waals surface area contributed by atoms with Crippen molar-refractivity contribution < 1.29 is 22.4 Å². The van der Waals surface area contributed by atoms with Crippen LogP contribution in [0.1, 0.15) is 15.9 Å². The van der Waals surface area contributed by atoms with Crippen molar-refractivity contribution >= 4 is 27.5 Å². The Bertz CT molecular complexity index is 688. The van der Waals surface area contributed by atoms with Crippen molar-refractivity contribution in [3.63, 3.8) is 0 Å². The normalized spacial score (nSPS) is 11.3. The van der Waals surface area contributed by atoms with E-state index in [1.165, 1.54) is 6.20 Å². The van der Waals surface area contributed by atoms with E-state index in [-0.39, 0.29) is 15.7 Å². The molecule has 1 N–H and O–H groups in total. The number of carbonyl (C=O) groups is 1. The fraction of sp³-hybridized carbons (Fsp3) is 0.0769. The Morgan fingerprint density at radius 3 is 2.57 bits per heavy atom. The number of aromatic nitrogens is 1. The molecule has 0 saturated heterocycles. The maximum Gasteiger partial charge on any atom is 0.416 e. The number of benzene rings is 1. The first-order chi connectivity index (χ1) is 9.79. The van der Waals surface area contributed by atoms with E-state index in [9.17, 15) is 22.4 Å². The maximum absolute atomic E-state index is 13.4. The number of nitrogens with zero attached hydrogens (tertiary/aromatic N) is 1. The van der Waals surface area contributed by atoms with Crippen LogP contribution in [0, 0.1) is 5.82 Å². The summed E-state index contributed by atoms with van der Waals surface area (Å²) < 4.78 is 51.5. The molecule has 0 aliphatic carbocycles. The molecule has 1 aromatic heterocycles. The molecule has 8 heteroatoms. The van der Waals surface area contributed by atoms with Crippen molar-refractivity contribution in [3.8, 4) is 0 Å². The third-order valence-corrected chi connectivity index (χ3v) is 3.25. The van der Waals surface area contributed by atoms with Gasteiger partial charge in [0, 0.05) is 10.7 Å². The number of nitrogens with one attached hydrogen (secondary N) is 1. The molecule has 0 atom stereocenters. The van der Waals surface area contributed by atoms with Crippen LogP contribution in [-0.2, 0) is 6.18 Å². The summed E-state index contributed by atoms with van der Waals surface area (Å²) in [6.45, 7) is 0. The van der Waals surface area contributed by atoms with Gasteiger partial charge in [-0.2, -0.15) is 13.2 Å². The van der Waals surface area contributed by atoms with Gasteiger partial charge in [0.15, 0.2) is 5.82 Å². The summed E-state index contributed by atoms with van der Waals surface area (Å²) in [5, 5.41) is 2.23. The predicted molar refractivity (Wildman–Crippen MR) is 71.3 cm³/mol. The summed E-state index contributed by atoms with van der Waals surface area (Å²) >= 11 is 3.03. The molecule has 110 valence electrons. The summed E-state index contributed by atoms with van der Waals surface area (Å²) in [6, 6.07) is 3.92. The van der Waals surface area contributed by atoms with Crippen LogP contribution in [0.2, 0.25) is 0 Å². The lowest BCUT2D eigenvalue weighted by atomic mass is 10.2. The van der Waals surface area contributed by atoms with Gasteiger partial charge in [-0.15, -0.1) is 0 Å². The van der Waals surface area contributed by atoms with E-state index in [1.807, 2.05) is 0 Å². The molecule has 3 nitrogen and oxygen atoms in total. The van der Waals surface area contributed by atoms with Crippen molar-refractivity contribution in [2.24, 2.45) is 0 Å². The number of alkyl halides is 3. The van der Waals surface area contributed by atoms with Gasteiger partial charge in [-0.3, -0.25) is 9.78 Å². The Morgan fingerprint density at radius 1 is 1.24 bits per heavy atom. The Kier molecular flexibility index (Phi) is 4.26. The minimum Gasteiger partial charge on any atom is -0.321 e. The van der Waals surface area contributed by atoms with Crippen LogP contribution in [0.3, 0.4) is 0 Å². The zero-order valence-corrected chi connectivity index (χ0v) is 11.8. The summed E-state index contributed by atoms with van der Waals surface area (Å²) in [5.41, 5.74) is -1.34. The molecule has 0 saturated carbocycles. The van der Waals surface area contributed by atoms with Crippen LogP contribution in [0.15, 0.2) is 41.1 Å². The van der Waals surface area contributed by atoms with Crippen LogP contribution >= 0.6 is 15.9 Å². The average molecular weight is 363 g/mol. The second-order valence-electron chi connectivity index (χ2n) is 4.00. The molecule has 21 heavy (non-hydrogen) atoms. The highest BCUT2D eigenvalue weighted by Crippen LogP contribution is 2.34. The highest BCUT2D eigenvalue weighted by atomic mass is 79.9. The van der Waals surface area contributed by atoms with E-state index in [4.69, 9.17) is 0 Å². The number of amides is 1. The van der Waals surface area contributed by atoms with Gasteiger partial charge in [-0.1, -0.05) is 0 Å². The van der Waals surface area contributed by atoms with Crippen molar-refractivity contribution in [1.82, 2.24) is 4.98 Å². The number of hydrogen-bond donors (Lipinski definition) is 1. The van der Waals surface area contributed by atoms with Crippen LogP contribution < -0.4 is 5.32 Å². The van der Waals surface area contributed by atoms with Crippen LogP contribution in [-0.4, -0.2) is 10.9 Å². The molecule has 0 aliphatic heterocycles. The van der Waals surface area contributed by atoms with Crippen molar-refractivity contribution in [2.75, 3.05) is 5.32 Å². The first-order valence-electron chi connectivity index (χ1n) is 5.56. The van der Waals surface area contributed by atoms with Gasteiger partial charge in [0.25, 0.3) is 5.91 Å². The van der Waals surface area contributed by atoms with Gasteiger partial charge < -0.3 is 5.32 Å². The van der Waals surface area contributed by atoms with Crippen molar-refractivity contribution in [3.05, 3.63) is 58.1 Å². The molecule has 0 bridgehead atoms. The van der Waals surface area contributed by atoms with Crippen LogP contribution in [0.25, 0.3) is 0 Å². The second kappa shape index (κ2) is 5.80. The Balaban J connectivity index is 2.31. The lowest BCUT2D eigenvalue weighted by Crippen LogP contribution is -2.15. The van der Waals surface area contributed by atoms with Crippen LogP contribution in [0.4, 0.5) is 23.2 Å². The first kappa shape index (κ1) is 15.4. The fourth-order valence-electron chi connectivity index (χ4n) is 1.55. The Hall–Kier alpha value is -1.96. The Labute approximate surface area is 125 Å². The molecular formula is C13H7BrF4N2O. The molecule has 0 aliphatic rings. The molecule has 2 aromatic rings. The first-order valence-corrected chi connectivity index (χ1v) is 6.36. The van der Waals surface area contributed by atoms with E-state index >= 15 is 0 Å². The van der Waals surface area contributed by atoms with Gasteiger partial charge in [-0.25, -0.2) is 4.39 Å². The third kappa shape index (κ3) is 3.57. The fourth-order valence-corrected chi connectivity index (χ4v) is 1.89. The van der Waals surface area contributed by atoms with Crippen molar-refractivity contribution in [1.29, 1.82) is 0 Å². The van der Waals surface area contributed by atoms with Crippen LogP contribution in [0.5, 0.6) is 0 Å². The number of pyridine rings is 1. The zero-order valence-electron chi connectivity index (χ0n) is 10.2. The van der Waals surface area contributed by atoms with E-state index < -0.39 is 23.5 Å². The molecule has 0 unspecified atom stereocenters. The van der Waals surface area contributed by atoms with E-state index in [0.717, 1.165) is 30.5 Å². The standard InChI is InChI=1S/C13H7BrF4N2O/c14-9-2-1-7(13(16,17)18)5-11(9)20-12(21)8-3-4-19-6-10(8)15/h1-6H,(H,20,21). The van der Waals surface area contributed by atoms with Gasteiger partial charge in [0.1, 0.15) is 0 Å². The highest BCUT2D eigenvalue weighted by molar-refractivity contribution is 9.10. The average Bonchev–Trinajstić information content (AvgIpc) is 2.40. The molecule has 1 heterocycles. The predicted octanol–water partition coefficient (Wildman–Crippen LogP) is 4.25. The summed E-state index contributed by atoms with van der Waals surface area (Å²) in [4.78, 5) is 15.4. The third-order valence-electron chi connectivity index (χ3n) is 2.56. The largest absolute Gasteiger partial charge is 0.416 e. The number of anilines is 1. The van der Waals surface area contributed by atoms with E-state index in [1.54, 1.807) is 0 Å². The number of halogens is 5. The molecule has 0 fully saturated rings. The molecule has 1 amide bonds. The second-order valence-corrected chi connectivity index (χ2v) is 4.86. The molecular weight excluding hydrogens is 356 g/mol. The maximum atomic E-state index is 13.4. The molecule has 2 rings (SSSR count). The molecule has 0 spiro atoms. The Morgan fingerprint density at radius 2 is 1.95 bits per heavy atom. The van der Waals surface area contributed by atoms with E-state index in [0.29, 0.717) is 0 Å². The minimum absolute atomic E-state index is 0.106. The van der Waals surface area contributed by atoms with Crippen molar-refractivity contribution in [2.45, 2.75) is 6.18 Å². The topological polar surface area (TPSA) is 42.0 Å². The number of carbonyl (C=O) groups excluding carboxylic acids is 1. The van der Waals surface area contributed by atoms with E-state index in [2.05, 4.69) is 26.2 Å². The van der Waals surface area contributed by atoms with Gasteiger partial charge >= 0.3 is 6.18 Å². The summed E-state index contributed by atoms with van der Waals surface area (Å²) in [5.74, 6) is -1.73. The highest BCUT2D eigenvalue weighted by Gasteiger charge is 2.31. The summed E-state index contributed by atoms with van der Waals surface area (Å²) in [6.07, 6.45) is -2.49.